The first-order chi connectivity index (χ1) is 17.1. The van der Waals surface area contributed by atoms with Crippen molar-refractivity contribution in [1.29, 1.82) is 0 Å². The first-order valence-corrected chi connectivity index (χ1v) is 17.7. The third kappa shape index (κ3) is 24.4. The van der Waals surface area contributed by atoms with Crippen LogP contribution in [0.4, 0.5) is 0 Å². The number of hydrogen-bond acceptors (Lipinski definition) is 10. The van der Waals surface area contributed by atoms with E-state index in [1.54, 1.807) is 21.6 Å². The lowest BCUT2D eigenvalue weighted by Crippen LogP contribution is -2.24. The Morgan fingerprint density at radius 1 is 0.694 bits per heavy atom. The summed E-state index contributed by atoms with van der Waals surface area (Å²) >= 11 is 0. The highest BCUT2D eigenvalue weighted by Gasteiger charge is 2.18. The van der Waals surface area contributed by atoms with Crippen molar-refractivity contribution in [2.24, 2.45) is 0 Å². The number of amides is 1. The molecule has 0 saturated heterocycles. The van der Waals surface area contributed by atoms with E-state index in [1.807, 2.05) is 0 Å². The molecule has 15 heteroatoms. The molecule has 0 aliphatic carbocycles. The van der Waals surface area contributed by atoms with Crippen LogP contribution in [0.5, 0.6) is 0 Å². The fourth-order valence-electron chi connectivity index (χ4n) is 2.85. The van der Waals surface area contributed by atoms with Crippen LogP contribution in [0.1, 0.15) is 77.0 Å². The molecule has 36 heavy (non-hydrogen) atoms. The monoisotopic (exact) mass is 595 g/mol. The predicted molar refractivity (Wildman–Crippen MR) is 144 cm³/mol. The predicted octanol–water partition coefficient (Wildman–Crippen LogP) is 5.26. The maximum absolute atomic E-state index is 11.9. The molecule has 0 aliphatic rings. The fraction of sp³-hybridized carbons (Fsp3) is 0.905. The van der Waals surface area contributed by atoms with E-state index in [4.69, 9.17) is 18.8 Å². The lowest BCUT2D eigenvalue weighted by atomic mass is 10.1. The van der Waals surface area contributed by atoms with Gasteiger partial charge in [0.05, 0.1) is 13.2 Å². The minimum atomic E-state index is -3.88. The molecule has 0 aliphatic heterocycles. The van der Waals surface area contributed by atoms with Crippen LogP contribution >= 0.6 is 37.2 Å². The van der Waals surface area contributed by atoms with Crippen molar-refractivity contribution in [3.8, 4) is 0 Å². The number of rotatable bonds is 26. The van der Waals surface area contributed by atoms with Crippen molar-refractivity contribution >= 4 is 48.9 Å². The second-order valence-corrected chi connectivity index (χ2v) is 13.8. The number of phosphoric acid groups is 2. The first kappa shape index (κ1) is 36.1. The molecule has 1 amide bonds. The molecule has 0 saturated carbocycles. The topological polar surface area (TPSA) is 158 Å². The fourth-order valence-corrected chi connectivity index (χ4v) is 5.80. The number of carbonyl (C=O) groups excluding carboxylic acids is 2. The average molecular weight is 596 g/mol. The molecule has 3 N–H and O–H groups in total. The van der Waals surface area contributed by atoms with Gasteiger partial charge in [0.2, 0.25) is 5.91 Å². The lowest BCUT2D eigenvalue weighted by Gasteiger charge is -2.08. The van der Waals surface area contributed by atoms with Crippen LogP contribution in [0, 0.1) is 0 Å². The van der Waals surface area contributed by atoms with Gasteiger partial charge >= 0.3 is 15.6 Å². The van der Waals surface area contributed by atoms with E-state index >= 15 is 0 Å². The van der Waals surface area contributed by atoms with Gasteiger partial charge in [-0.1, -0.05) is 53.7 Å². The molecule has 0 spiro atoms. The second-order valence-electron chi connectivity index (χ2n) is 7.93. The largest absolute Gasteiger partial charge is 0.471 e. The molecule has 0 radical (unpaired) electrons. The quantitative estimate of drug-likeness (QED) is 0.0678. The Kier molecular flexibility index (Phi) is 23.0. The van der Waals surface area contributed by atoms with E-state index in [-0.39, 0.29) is 24.9 Å². The third-order valence-electron chi connectivity index (χ3n) is 4.92. The SMILES string of the molecule is COP(=O)(O)OCCCCCCCC(=O)CCSSCCC(=O)NCCCCCCOP(=O)(O)OC. The number of unbranched alkanes of at least 4 members (excludes halogenated alkanes) is 7. The Labute approximate surface area is 223 Å². The van der Waals surface area contributed by atoms with Gasteiger partial charge < -0.3 is 15.1 Å². The Balaban J connectivity index is 3.41. The van der Waals surface area contributed by atoms with Crippen molar-refractivity contribution < 1.29 is 46.6 Å². The number of carbonyl (C=O) groups is 2. The normalized spacial score (nSPS) is 14.8. The van der Waals surface area contributed by atoms with Gasteiger partial charge in [0.15, 0.2) is 0 Å². The summed E-state index contributed by atoms with van der Waals surface area (Å²) in [5, 5.41) is 2.88. The minimum absolute atomic E-state index is 0.0134. The summed E-state index contributed by atoms with van der Waals surface area (Å²) in [4.78, 5) is 41.9. The molecule has 0 fully saturated rings. The average Bonchev–Trinajstić information content (AvgIpc) is 2.84. The van der Waals surface area contributed by atoms with Crippen molar-refractivity contribution in [2.75, 3.05) is 45.5 Å². The molecule has 0 aromatic heterocycles. The first-order valence-electron chi connectivity index (χ1n) is 12.2. The molecule has 0 rings (SSSR count). The number of ketones is 1. The molecule has 2 unspecified atom stereocenters. The van der Waals surface area contributed by atoms with Crippen LogP contribution in [-0.2, 0) is 36.8 Å². The lowest BCUT2D eigenvalue weighted by molar-refractivity contribution is -0.121. The zero-order valence-electron chi connectivity index (χ0n) is 21.4. The van der Waals surface area contributed by atoms with Gasteiger partial charge in [-0.25, -0.2) is 9.13 Å². The molecule has 2 atom stereocenters. The van der Waals surface area contributed by atoms with Crippen LogP contribution in [-0.4, -0.2) is 67.0 Å². The maximum Gasteiger partial charge on any atom is 0.471 e. The Morgan fingerprint density at radius 2 is 1.17 bits per heavy atom. The van der Waals surface area contributed by atoms with Crippen molar-refractivity contribution in [3.05, 3.63) is 0 Å². The highest BCUT2D eigenvalue weighted by molar-refractivity contribution is 8.76. The van der Waals surface area contributed by atoms with Crippen LogP contribution < -0.4 is 5.32 Å². The summed E-state index contributed by atoms with van der Waals surface area (Å²) in [6.45, 7) is 0.955. The number of nitrogens with one attached hydrogen (secondary N) is 1. The number of phosphoric ester groups is 2. The molecule has 0 aromatic carbocycles. The molecule has 0 heterocycles. The van der Waals surface area contributed by atoms with E-state index < -0.39 is 15.6 Å². The van der Waals surface area contributed by atoms with E-state index in [2.05, 4.69) is 14.4 Å². The van der Waals surface area contributed by atoms with Gasteiger partial charge in [-0.2, -0.15) is 0 Å². The van der Waals surface area contributed by atoms with E-state index in [0.717, 1.165) is 64.9 Å². The molecule has 0 aromatic rings. The summed E-state index contributed by atoms with van der Waals surface area (Å²) in [7, 11) is -2.28. The van der Waals surface area contributed by atoms with E-state index in [9.17, 15) is 18.7 Å². The zero-order valence-corrected chi connectivity index (χ0v) is 24.8. The van der Waals surface area contributed by atoms with E-state index in [0.29, 0.717) is 44.4 Å². The summed E-state index contributed by atoms with van der Waals surface area (Å²) in [6.07, 6.45) is 9.06. The molecule has 214 valence electrons. The highest BCUT2D eigenvalue weighted by atomic mass is 33.1. The molecular formula is C21H43NO10P2S2. The van der Waals surface area contributed by atoms with Gasteiger partial charge in [-0.3, -0.25) is 27.7 Å². The summed E-state index contributed by atoms with van der Waals surface area (Å²) in [5.41, 5.74) is 0. The standard InChI is InChI=1S/C21H43NO10P2S2/c1-29-33(25,26)31-16-10-6-3-4-8-12-20(23)13-18-35-36-19-14-21(24)22-15-9-5-7-11-17-32-34(27,28)30-2/h3-19H2,1-2H3,(H,22,24)(H,25,26)(H,27,28). The van der Waals surface area contributed by atoms with Gasteiger partial charge in [0.1, 0.15) is 5.78 Å². The van der Waals surface area contributed by atoms with Crippen LogP contribution in [0.2, 0.25) is 0 Å². The zero-order chi connectivity index (χ0) is 27.1. The summed E-state index contributed by atoms with van der Waals surface area (Å²) in [5.74, 6) is 1.70. The third-order valence-corrected chi connectivity index (χ3v) is 9.27. The van der Waals surface area contributed by atoms with Crippen molar-refractivity contribution in [3.63, 3.8) is 0 Å². The Hall–Kier alpha value is 0.0600. The molecule has 0 bridgehead atoms. The Bertz CT molecular complexity index is 631. The molecule has 11 nitrogen and oxygen atoms in total. The van der Waals surface area contributed by atoms with Gasteiger partial charge in [-0.15, -0.1) is 0 Å². The van der Waals surface area contributed by atoms with Crippen LogP contribution in [0.3, 0.4) is 0 Å². The second kappa shape index (κ2) is 23.0. The highest BCUT2D eigenvalue weighted by Crippen LogP contribution is 2.42. The van der Waals surface area contributed by atoms with Gasteiger partial charge in [-0.05, 0) is 25.7 Å². The minimum Gasteiger partial charge on any atom is -0.356 e. The number of hydrogen-bond donors (Lipinski definition) is 3. The van der Waals surface area contributed by atoms with Crippen molar-refractivity contribution in [1.82, 2.24) is 5.32 Å². The number of Topliss-reactive ketones (excluding diaryl/α,β-unsaturated/α-hetero) is 1. The smallest absolute Gasteiger partial charge is 0.356 e. The molecular weight excluding hydrogens is 552 g/mol. The van der Waals surface area contributed by atoms with Crippen molar-refractivity contribution in [2.45, 2.75) is 77.0 Å². The van der Waals surface area contributed by atoms with Crippen LogP contribution in [0.25, 0.3) is 0 Å². The van der Waals surface area contributed by atoms with Crippen LogP contribution in [0.15, 0.2) is 0 Å². The van der Waals surface area contributed by atoms with E-state index in [1.165, 1.54) is 0 Å². The summed E-state index contributed by atoms with van der Waals surface area (Å²) < 4.78 is 40.3. The summed E-state index contributed by atoms with van der Waals surface area (Å²) in [6, 6.07) is 0. The van der Waals surface area contributed by atoms with Gasteiger partial charge in [0, 0.05) is 51.5 Å². The van der Waals surface area contributed by atoms with Gasteiger partial charge in [0.25, 0.3) is 0 Å². The Morgan fingerprint density at radius 3 is 1.72 bits per heavy atom. The maximum atomic E-state index is 11.9.